The number of carbonyl (C=O) groups excluding carboxylic acids is 1. The summed E-state index contributed by atoms with van der Waals surface area (Å²) in [6, 6.07) is -0.483. The molecule has 0 amide bonds. The molecule has 1 saturated heterocycles. The monoisotopic (exact) mass is 212 g/mol. The number of carboxylic acids is 1. The van der Waals surface area contributed by atoms with Crippen LogP contribution in [0.3, 0.4) is 0 Å². The Kier molecular flexibility index (Phi) is 3.26. The maximum Gasteiger partial charge on any atom is 0.0584 e. The van der Waals surface area contributed by atoms with Gasteiger partial charge in [0.05, 0.1) is 5.97 Å². The molecule has 4 nitrogen and oxygen atoms in total. The minimum Gasteiger partial charge on any atom is -0.548 e. The Hall–Kier alpha value is -0.610. The molecule has 15 heavy (non-hydrogen) atoms. The van der Waals surface area contributed by atoms with E-state index in [1.807, 2.05) is 0 Å². The number of piperidine rings is 1. The molecular weight excluding hydrogens is 194 g/mol. The van der Waals surface area contributed by atoms with Crippen molar-refractivity contribution < 1.29 is 15.0 Å². The lowest BCUT2D eigenvalue weighted by molar-refractivity contribution is -0.309. The average Bonchev–Trinajstić information content (AvgIpc) is 2.27. The Morgan fingerprint density at radius 2 is 2.13 bits per heavy atom. The number of fused-ring (bicyclic) bond motifs is 1. The van der Waals surface area contributed by atoms with Crippen molar-refractivity contribution in [3.63, 3.8) is 0 Å². The zero-order valence-corrected chi connectivity index (χ0v) is 8.82. The van der Waals surface area contributed by atoms with Gasteiger partial charge in [-0.05, 0) is 50.0 Å². The Morgan fingerprint density at radius 1 is 1.33 bits per heavy atom. The van der Waals surface area contributed by atoms with Crippen molar-refractivity contribution in [2.24, 2.45) is 17.8 Å². The van der Waals surface area contributed by atoms with E-state index < -0.39 is 12.0 Å². The van der Waals surface area contributed by atoms with Crippen LogP contribution in [-0.2, 0) is 4.79 Å². The lowest BCUT2D eigenvalue weighted by Crippen LogP contribution is -2.53. The van der Waals surface area contributed by atoms with E-state index in [-0.39, 0.29) is 6.61 Å². The molecule has 0 spiro atoms. The standard InChI is InChI=1S/C11H19NO3/c13-6-7-1-2-8-5-12-10(11(14)15)4-9(8)3-7/h7-10,12-13H,1-6H2,(H,14,15)/p-1. The van der Waals surface area contributed by atoms with Gasteiger partial charge < -0.3 is 20.3 Å². The number of aliphatic hydroxyl groups is 1. The molecule has 1 aliphatic carbocycles. The normalized spacial score (nSPS) is 40.9. The van der Waals surface area contributed by atoms with Crippen LogP contribution in [0.1, 0.15) is 25.7 Å². The van der Waals surface area contributed by atoms with E-state index in [4.69, 9.17) is 5.11 Å². The second kappa shape index (κ2) is 4.49. The van der Waals surface area contributed by atoms with Gasteiger partial charge in [0.25, 0.3) is 0 Å². The second-order valence-corrected chi connectivity index (χ2v) is 4.90. The molecule has 0 radical (unpaired) electrons. The third-order valence-corrected chi connectivity index (χ3v) is 3.96. The number of carbonyl (C=O) groups is 1. The molecule has 0 bridgehead atoms. The molecule has 2 aliphatic rings. The fraction of sp³-hybridized carbons (Fsp3) is 0.909. The molecule has 4 atom stereocenters. The van der Waals surface area contributed by atoms with Crippen LogP contribution in [-0.4, -0.2) is 30.3 Å². The van der Waals surface area contributed by atoms with E-state index in [2.05, 4.69) is 5.32 Å². The van der Waals surface area contributed by atoms with Gasteiger partial charge in [0.15, 0.2) is 0 Å². The Labute approximate surface area is 89.7 Å². The smallest absolute Gasteiger partial charge is 0.0584 e. The maximum absolute atomic E-state index is 10.8. The summed E-state index contributed by atoms with van der Waals surface area (Å²) in [5.74, 6) is 0.453. The van der Waals surface area contributed by atoms with Crippen LogP contribution in [0.15, 0.2) is 0 Å². The molecule has 0 aromatic carbocycles. The summed E-state index contributed by atoms with van der Waals surface area (Å²) in [6.45, 7) is 1.04. The number of rotatable bonds is 2. The molecule has 2 N–H and O–H groups in total. The van der Waals surface area contributed by atoms with Crippen LogP contribution in [0.4, 0.5) is 0 Å². The Balaban J connectivity index is 1.94. The zero-order chi connectivity index (χ0) is 10.8. The van der Waals surface area contributed by atoms with Gasteiger partial charge in [-0.25, -0.2) is 0 Å². The first-order chi connectivity index (χ1) is 7.20. The summed E-state index contributed by atoms with van der Waals surface area (Å²) >= 11 is 0. The van der Waals surface area contributed by atoms with Crippen molar-refractivity contribution in [1.82, 2.24) is 5.32 Å². The molecule has 0 aromatic rings. The van der Waals surface area contributed by atoms with Gasteiger partial charge in [0.2, 0.25) is 0 Å². The van der Waals surface area contributed by atoms with Crippen LogP contribution in [0.5, 0.6) is 0 Å². The van der Waals surface area contributed by atoms with E-state index in [0.29, 0.717) is 24.2 Å². The number of aliphatic hydroxyl groups excluding tert-OH is 1. The highest BCUT2D eigenvalue weighted by molar-refractivity contribution is 5.71. The van der Waals surface area contributed by atoms with E-state index >= 15 is 0 Å². The molecular formula is C11H18NO3-. The quantitative estimate of drug-likeness (QED) is 0.623. The van der Waals surface area contributed by atoms with Crippen molar-refractivity contribution in [2.45, 2.75) is 31.7 Å². The molecule has 1 aliphatic heterocycles. The van der Waals surface area contributed by atoms with Crippen molar-refractivity contribution in [3.8, 4) is 0 Å². The summed E-state index contributed by atoms with van der Waals surface area (Å²) in [4.78, 5) is 10.8. The first-order valence-corrected chi connectivity index (χ1v) is 5.75. The fourth-order valence-corrected chi connectivity index (χ4v) is 3.01. The molecule has 2 rings (SSSR count). The highest BCUT2D eigenvalue weighted by Gasteiger charge is 2.35. The minimum absolute atomic E-state index is 0.243. The summed E-state index contributed by atoms with van der Waals surface area (Å²) in [5, 5.41) is 22.9. The highest BCUT2D eigenvalue weighted by atomic mass is 16.4. The lowest BCUT2D eigenvalue weighted by atomic mass is 9.70. The molecule has 2 fully saturated rings. The van der Waals surface area contributed by atoms with Crippen LogP contribution < -0.4 is 10.4 Å². The van der Waals surface area contributed by atoms with Gasteiger partial charge in [-0.1, -0.05) is 0 Å². The van der Waals surface area contributed by atoms with Gasteiger partial charge in [-0.15, -0.1) is 0 Å². The summed E-state index contributed by atoms with van der Waals surface area (Å²) < 4.78 is 0. The summed E-state index contributed by atoms with van der Waals surface area (Å²) in [6.07, 6.45) is 3.84. The average molecular weight is 212 g/mol. The highest BCUT2D eigenvalue weighted by Crippen LogP contribution is 2.38. The van der Waals surface area contributed by atoms with E-state index in [1.54, 1.807) is 0 Å². The SMILES string of the molecule is O=C([O-])C1CC2CC(CO)CCC2CN1. The van der Waals surface area contributed by atoms with Gasteiger partial charge in [0, 0.05) is 12.6 Å². The lowest BCUT2D eigenvalue weighted by Gasteiger charge is -2.42. The Morgan fingerprint density at radius 3 is 2.80 bits per heavy atom. The third-order valence-electron chi connectivity index (χ3n) is 3.96. The first-order valence-electron chi connectivity index (χ1n) is 5.75. The Bertz CT molecular complexity index is 244. The molecule has 86 valence electrons. The summed E-state index contributed by atoms with van der Waals surface area (Å²) in [5.41, 5.74) is 0. The van der Waals surface area contributed by atoms with Gasteiger partial charge in [-0.2, -0.15) is 0 Å². The largest absolute Gasteiger partial charge is 0.548 e. The molecule has 4 unspecified atom stereocenters. The molecule has 1 heterocycles. The topological polar surface area (TPSA) is 72.4 Å². The number of hydrogen-bond acceptors (Lipinski definition) is 4. The summed E-state index contributed by atoms with van der Waals surface area (Å²) in [7, 11) is 0. The molecule has 0 aromatic heterocycles. The first kappa shape index (κ1) is 10.9. The van der Waals surface area contributed by atoms with Crippen LogP contribution in [0.2, 0.25) is 0 Å². The maximum atomic E-state index is 10.8. The van der Waals surface area contributed by atoms with E-state index in [9.17, 15) is 9.90 Å². The van der Waals surface area contributed by atoms with Crippen molar-refractivity contribution >= 4 is 5.97 Å². The van der Waals surface area contributed by atoms with Crippen molar-refractivity contribution in [2.75, 3.05) is 13.2 Å². The minimum atomic E-state index is -0.987. The van der Waals surface area contributed by atoms with E-state index in [0.717, 1.165) is 25.8 Å². The third kappa shape index (κ3) is 2.32. The predicted octanol–water partition coefficient (Wildman–Crippen LogP) is -0.877. The fourth-order valence-electron chi connectivity index (χ4n) is 3.01. The number of aliphatic carboxylic acids is 1. The number of nitrogens with one attached hydrogen (secondary N) is 1. The van der Waals surface area contributed by atoms with Crippen molar-refractivity contribution in [1.29, 1.82) is 0 Å². The van der Waals surface area contributed by atoms with Gasteiger partial charge in [-0.3, -0.25) is 0 Å². The predicted molar refractivity (Wildman–Crippen MR) is 52.8 cm³/mol. The van der Waals surface area contributed by atoms with E-state index in [1.165, 1.54) is 0 Å². The molecule has 4 heteroatoms. The van der Waals surface area contributed by atoms with Crippen molar-refractivity contribution in [3.05, 3.63) is 0 Å². The van der Waals surface area contributed by atoms with Crippen LogP contribution in [0.25, 0.3) is 0 Å². The van der Waals surface area contributed by atoms with Gasteiger partial charge >= 0.3 is 0 Å². The number of hydrogen-bond donors (Lipinski definition) is 2. The zero-order valence-electron chi connectivity index (χ0n) is 8.82. The molecule has 1 saturated carbocycles. The second-order valence-electron chi connectivity index (χ2n) is 4.90. The van der Waals surface area contributed by atoms with Crippen LogP contribution in [0, 0.1) is 17.8 Å². The van der Waals surface area contributed by atoms with Crippen LogP contribution >= 0.6 is 0 Å². The number of carboxylic acid groups (broad SMARTS) is 1. The van der Waals surface area contributed by atoms with Gasteiger partial charge in [0.1, 0.15) is 0 Å².